The van der Waals surface area contributed by atoms with E-state index < -0.39 is 0 Å². The first-order valence-electron chi connectivity index (χ1n) is 6.47. The highest BCUT2D eigenvalue weighted by molar-refractivity contribution is 6.15. The summed E-state index contributed by atoms with van der Waals surface area (Å²) in [5.74, 6) is 1.27. The van der Waals surface area contributed by atoms with E-state index in [9.17, 15) is 4.79 Å². The number of nitrogens with zero attached hydrogens (tertiary/aromatic N) is 1. The van der Waals surface area contributed by atoms with Gasteiger partial charge in [0.1, 0.15) is 11.5 Å². The van der Waals surface area contributed by atoms with Crippen LogP contribution in [0.25, 0.3) is 6.08 Å². The molecular formula is C15H16N2O. The summed E-state index contributed by atoms with van der Waals surface area (Å²) in [6.07, 6.45) is 5.18. The van der Waals surface area contributed by atoms with E-state index >= 15 is 0 Å². The molecule has 3 nitrogen and oxygen atoms in total. The molecule has 18 heavy (non-hydrogen) atoms. The summed E-state index contributed by atoms with van der Waals surface area (Å²) in [6, 6.07) is 8.24. The smallest absolute Gasteiger partial charge is 0.275 e. The van der Waals surface area contributed by atoms with E-state index in [1.165, 1.54) is 5.56 Å². The highest BCUT2D eigenvalue weighted by Crippen LogP contribution is 2.32. The van der Waals surface area contributed by atoms with Gasteiger partial charge in [-0.3, -0.25) is 4.79 Å². The second-order valence-electron chi connectivity index (χ2n) is 4.85. The largest absolute Gasteiger partial charge is 0.308 e. The lowest BCUT2D eigenvalue weighted by Crippen LogP contribution is -2.25. The molecule has 1 heterocycles. The standard InChI is InChI=1S/C15H16N2O/c1-2-10-3-5-11(6-4-10)9-13-15(18)17-14(16-13)12-7-8-12/h3-6,9,12H,2,7-8H2,1H3,(H,16,17,18)/b13-9+. The first-order valence-corrected chi connectivity index (χ1v) is 6.47. The number of nitrogens with one attached hydrogen (secondary N) is 1. The number of amides is 1. The molecule has 92 valence electrons. The van der Waals surface area contributed by atoms with Crippen molar-refractivity contribution < 1.29 is 4.79 Å². The van der Waals surface area contributed by atoms with Gasteiger partial charge in [-0.05, 0) is 36.5 Å². The van der Waals surface area contributed by atoms with Gasteiger partial charge < -0.3 is 5.32 Å². The fourth-order valence-corrected chi connectivity index (χ4v) is 2.04. The molecule has 1 saturated carbocycles. The summed E-state index contributed by atoms with van der Waals surface area (Å²) in [4.78, 5) is 16.1. The van der Waals surface area contributed by atoms with E-state index in [1.807, 2.05) is 18.2 Å². The third-order valence-electron chi connectivity index (χ3n) is 3.37. The molecule has 1 aromatic carbocycles. The average Bonchev–Trinajstić information content (AvgIpc) is 3.17. The van der Waals surface area contributed by atoms with E-state index in [0.29, 0.717) is 11.6 Å². The Balaban J connectivity index is 1.84. The minimum Gasteiger partial charge on any atom is -0.308 e. The van der Waals surface area contributed by atoms with Crippen LogP contribution in [-0.4, -0.2) is 11.7 Å². The topological polar surface area (TPSA) is 41.5 Å². The van der Waals surface area contributed by atoms with Crippen LogP contribution in [0.5, 0.6) is 0 Å². The molecule has 0 bridgehead atoms. The Bertz CT molecular complexity index is 536. The van der Waals surface area contributed by atoms with E-state index in [2.05, 4.69) is 29.4 Å². The zero-order valence-corrected chi connectivity index (χ0v) is 10.4. The number of aliphatic imine (C=N–C) groups is 1. The lowest BCUT2D eigenvalue weighted by molar-refractivity contribution is -0.115. The van der Waals surface area contributed by atoms with E-state index in [0.717, 1.165) is 30.7 Å². The highest BCUT2D eigenvalue weighted by atomic mass is 16.2. The zero-order chi connectivity index (χ0) is 12.5. The number of amidine groups is 1. The summed E-state index contributed by atoms with van der Waals surface area (Å²) in [5, 5.41) is 2.85. The van der Waals surface area contributed by atoms with Crippen LogP contribution in [0.15, 0.2) is 35.0 Å². The van der Waals surface area contributed by atoms with E-state index in [-0.39, 0.29) is 5.91 Å². The highest BCUT2D eigenvalue weighted by Gasteiger charge is 2.33. The minimum absolute atomic E-state index is 0.0727. The maximum atomic E-state index is 11.8. The van der Waals surface area contributed by atoms with Crippen molar-refractivity contribution in [2.45, 2.75) is 26.2 Å². The molecule has 0 radical (unpaired) electrons. The number of rotatable bonds is 3. The van der Waals surface area contributed by atoms with Gasteiger partial charge in [0, 0.05) is 5.92 Å². The number of carbonyl (C=O) groups is 1. The Kier molecular flexibility index (Phi) is 2.74. The summed E-state index contributed by atoms with van der Waals surface area (Å²) >= 11 is 0. The fraction of sp³-hybridized carbons (Fsp3) is 0.333. The van der Waals surface area contributed by atoms with Gasteiger partial charge >= 0.3 is 0 Å². The molecule has 1 aromatic rings. The van der Waals surface area contributed by atoms with Gasteiger partial charge in [-0.1, -0.05) is 31.2 Å². The summed E-state index contributed by atoms with van der Waals surface area (Å²) in [5.41, 5.74) is 2.86. The molecule has 0 atom stereocenters. The summed E-state index contributed by atoms with van der Waals surface area (Å²) in [6.45, 7) is 2.13. The van der Waals surface area contributed by atoms with Crippen molar-refractivity contribution in [1.29, 1.82) is 0 Å². The Morgan fingerprint density at radius 2 is 2.06 bits per heavy atom. The average molecular weight is 240 g/mol. The normalized spacial score (nSPS) is 21.1. The lowest BCUT2D eigenvalue weighted by atomic mass is 10.1. The fourth-order valence-electron chi connectivity index (χ4n) is 2.04. The SMILES string of the molecule is CCc1ccc(/C=C2/N=C(C3CC3)NC2=O)cc1. The lowest BCUT2D eigenvalue weighted by Gasteiger charge is -1.97. The Morgan fingerprint density at radius 3 is 2.67 bits per heavy atom. The number of carbonyl (C=O) groups excluding carboxylic acids is 1. The van der Waals surface area contributed by atoms with Gasteiger partial charge in [0.05, 0.1) is 0 Å². The van der Waals surface area contributed by atoms with Gasteiger partial charge in [-0.25, -0.2) is 4.99 Å². The molecule has 3 heteroatoms. The molecule has 0 spiro atoms. The van der Waals surface area contributed by atoms with Crippen molar-refractivity contribution in [2.75, 3.05) is 0 Å². The van der Waals surface area contributed by atoms with Gasteiger partial charge in [0.25, 0.3) is 5.91 Å². The quantitative estimate of drug-likeness (QED) is 0.810. The van der Waals surface area contributed by atoms with Crippen molar-refractivity contribution >= 4 is 17.8 Å². The Morgan fingerprint density at radius 1 is 1.33 bits per heavy atom. The minimum atomic E-state index is -0.0727. The van der Waals surface area contributed by atoms with Gasteiger partial charge in [-0.15, -0.1) is 0 Å². The zero-order valence-electron chi connectivity index (χ0n) is 10.4. The van der Waals surface area contributed by atoms with Crippen molar-refractivity contribution in [3.05, 3.63) is 41.1 Å². The monoisotopic (exact) mass is 240 g/mol. The molecule has 0 aromatic heterocycles. The maximum absolute atomic E-state index is 11.8. The number of hydrogen-bond acceptors (Lipinski definition) is 2. The summed E-state index contributed by atoms with van der Waals surface area (Å²) in [7, 11) is 0. The molecule has 1 aliphatic heterocycles. The molecular weight excluding hydrogens is 224 g/mol. The van der Waals surface area contributed by atoms with Crippen LogP contribution in [0, 0.1) is 5.92 Å². The molecule has 3 rings (SSSR count). The van der Waals surface area contributed by atoms with Gasteiger partial charge in [0.15, 0.2) is 0 Å². The van der Waals surface area contributed by atoms with Gasteiger partial charge in [-0.2, -0.15) is 0 Å². The van der Waals surface area contributed by atoms with Crippen LogP contribution in [0.2, 0.25) is 0 Å². The van der Waals surface area contributed by atoms with Crippen LogP contribution in [0.4, 0.5) is 0 Å². The second kappa shape index (κ2) is 4.41. The second-order valence-corrected chi connectivity index (χ2v) is 4.85. The van der Waals surface area contributed by atoms with Crippen LogP contribution in [-0.2, 0) is 11.2 Å². The first-order chi connectivity index (χ1) is 8.76. The van der Waals surface area contributed by atoms with Crippen LogP contribution in [0.1, 0.15) is 30.9 Å². The van der Waals surface area contributed by atoms with Crippen LogP contribution in [0.3, 0.4) is 0 Å². The van der Waals surface area contributed by atoms with Gasteiger partial charge in [0.2, 0.25) is 0 Å². The van der Waals surface area contributed by atoms with Crippen LogP contribution < -0.4 is 5.32 Å². The molecule has 1 N–H and O–H groups in total. The molecule has 2 aliphatic rings. The number of hydrogen-bond donors (Lipinski definition) is 1. The predicted octanol–water partition coefficient (Wildman–Crippen LogP) is 2.53. The molecule has 0 unspecified atom stereocenters. The predicted molar refractivity (Wildman–Crippen MR) is 72.1 cm³/mol. The van der Waals surface area contributed by atoms with Crippen molar-refractivity contribution in [3.63, 3.8) is 0 Å². The van der Waals surface area contributed by atoms with E-state index in [1.54, 1.807) is 0 Å². The van der Waals surface area contributed by atoms with Crippen LogP contribution >= 0.6 is 0 Å². The molecule has 1 amide bonds. The third-order valence-corrected chi connectivity index (χ3v) is 3.37. The number of benzene rings is 1. The van der Waals surface area contributed by atoms with Crippen molar-refractivity contribution in [3.8, 4) is 0 Å². The molecule has 1 aliphatic carbocycles. The Hall–Kier alpha value is -1.90. The van der Waals surface area contributed by atoms with E-state index in [4.69, 9.17) is 0 Å². The number of aryl methyl sites for hydroxylation is 1. The Labute approximate surface area is 107 Å². The first kappa shape index (κ1) is 11.2. The van der Waals surface area contributed by atoms with Crippen molar-refractivity contribution in [2.24, 2.45) is 10.9 Å². The maximum Gasteiger partial charge on any atom is 0.275 e. The molecule has 0 saturated heterocycles. The molecule has 1 fully saturated rings. The third kappa shape index (κ3) is 2.21. The van der Waals surface area contributed by atoms with Crippen molar-refractivity contribution in [1.82, 2.24) is 5.32 Å². The summed E-state index contributed by atoms with van der Waals surface area (Å²) < 4.78 is 0.